The molecule has 0 aliphatic heterocycles. The molecule has 0 spiro atoms. The zero-order valence-electron chi connectivity index (χ0n) is 9.99. The van der Waals surface area contributed by atoms with Crippen LogP contribution in [0.1, 0.15) is 39.5 Å². The van der Waals surface area contributed by atoms with Crippen LogP contribution in [0, 0.1) is 0 Å². The standard InChI is InChI=1S/C11H21NO3S/c1-3-5-6-16-8-10(13)12-9(4-2)7-11(14)15/h9H,3-8H2,1-2H3,(H,12,13)(H,14,15). The summed E-state index contributed by atoms with van der Waals surface area (Å²) in [5, 5.41) is 11.4. The fourth-order valence-corrected chi connectivity index (χ4v) is 2.09. The van der Waals surface area contributed by atoms with Crippen molar-refractivity contribution in [3.05, 3.63) is 0 Å². The van der Waals surface area contributed by atoms with Crippen LogP contribution in [-0.4, -0.2) is 34.5 Å². The van der Waals surface area contributed by atoms with Gasteiger partial charge in [-0.05, 0) is 18.6 Å². The predicted molar refractivity (Wildman–Crippen MR) is 66.7 cm³/mol. The molecular weight excluding hydrogens is 226 g/mol. The second-order valence-electron chi connectivity index (χ2n) is 3.68. The summed E-state index contributed by atoms with van der Waals surface area (Å²) in [6.45, 7) is 3.98. The summed E-state index contributed by atoms with van der Waals surface area (Å²) >= 11 is 1.60. The van der Waals surface area contributed by atoms with E-state index in [1.165, 1.54) is 0 Å². The van der Waals surface area contributed by atoms with Crippen molar-refractivity contribution in [1.82, 2.24) is 5.32 Å². The van der Waals surface area contributed by atoms with Crippen LogP contribution in [0.4, 0.5) is 0 Å². The predicted octanol–water partition coefficient (Wildman–Crippen LogP) is 1.89. The monoisotopic (exact) mass is 247 g/mol. The number of unbranched alkanes of at least 4 members (excludes halogenated alkanes) is 1. The van der Waals surface area contributed by atoms with Gasteiger partial charge in [0, 0.05) is 6.04 Å². The molecule has 0 radical (unpaired) electrons. The average Bonchev–Trinajstić information content (AvgIpc) is 2.23. The van der Waals surface area contributed by atoms with Gasteiger partial charge in [-0.3, -0.25) is 9.59 Å². The highest BCUT2D eigenvalue weighted by atomic mass is 32.2. The van der Waals surface area contributed by atoms with Gasteiger partial charge in [-0.2, -0.15) is 11.8 Å². The van der Waals surface area contributed by atoms with Crippen molar-refractivity contribution in [2.24, 2.45) is 0 Å². The van der Waals surface area contributed by atoms with Gasteiger partial charge in [-0.25, -0.2) is 0 Å². The molecule has 0 heterocycles. The summed E-state index contributed by atoms with van der Waals surface area (Å²) in [4.78, 5) is 21.9. The number of hydrogen-bond donors (Lipinski definition) is 2. The number of rotatable bonds is 9. The lowest BCUT2D eigenvalue weighted by molar-refractivity contribution is -0.137. The Morgan fingerprint density at radius 3 is 2.56 bits per heavy atom. The van der Waals surface area contributed by atoms with E-state index in [9.17, 15) is 9.59 Å². The first-order valence-corrected chi connectivity index (χ1v) is 6.84. The smallest absolute Gasteiger partial charge is 0.305 e. The summed E-state index contributed by atoms with van der Waals surface area (Å²) in [6.07, 6.45) is 2.90. The van der Waals surface area contributed by atoms with Crippen LogP contribution in [0.25, 0.3) is 0 Å². The van der Waals surface area contributed by atoms with Crippen molar-refractivity contribution in [3.8, 4) is 0 Å². The molecule has 1 atom stereocenters. The maximum Gasteiger partial charge on any atom is 0.305 e. The minimum absolute atomic E-state index is 0.00185. The number of carbonyl (C=O) groups excluding carboxylic acids is 1. The van der Waals surface area contributed by atoms with Crippen molar-refractivity contribution in [3.63, 3.8) is 0 Å². The Balaban J connectivity index is 3.70. The van der Waals surface area contributed by atoms with E-state index >= 15 is 0 Å². The van der Waals surface area contributed by atoms with Crippen molar-refractivity contribution in [2.45, 2.75) is 45.6 Å². The van der Waals surface area contributed by atoms with Gasteiger partial charge in [0.1, 0.15) is 0 Å². The van der Waals surface area contributed by atoms with Crippen molar-refractivity contribution in [2.75, 3.05) is 11.5 Å². The molecule has 2 N–H and O–H groups in total. The van der Waals surface area contributed by atoms with Crippen molar-refractivity contribution in [1.29, 1.82) is 0 Å². The second-order valence-corrected chi connectivity index (χ2v) is 4.78. The fraction of sp³-hybridized carbons (Fsp3) is 0.818. The molecule has 1 unspecified atom stereocenters. The first-order valence-electron chi connectivity index (χ1n) is 5.69. The average molecular weight is 247 g/mol. The summed E-state index contributed by atoms with van der Waals surface area (Å²) in [5.74, 6) is 0.482. The number of amides is 1. The first-order chi connectivity index (χ1) is 7.60. The zero-order chi connectivity index (χ0) is 12.4. The summed E-state index contributed by atoms with van der Waals surface area (Å²) in [5.41, 5.74) is 0. The molecule has 0 aliphatic rings. The van der Waals surface area contributed by atoms with Gasteiger partial charge in [-0.15, -0.1) is 0 Å². The van der Waals surface area contributed by atoms with E-state index in [1.807, 2.05) is 6.92 Å². The van der Waals surface area contributed by atoms with Gasteiger partial charge >= 0.3 is 5.97 Å². The first kappa shape index (κ1) is 15.3. The lowest BCUT2D eigenvalue weighted by atomic mass is 10.1. The van der Waals surface area contributed by atoms with Crippen LogP contribution < -0.4 is 5.32 Å². The lowest BCUT2D eigenvalue weighted by Crippen LogP contribution is -2.37. The normalized spacial score (nSPS) is 12.1. The third-order valence-electron chi connectivity index (χ3n) is 2.15. The molecule has 0 rings (SSSR count). The molecule has 0 aromatic heterocycles. The quantitative estimate of drug-likeness (QED) is 0.611. The molecule has 4 nitrogen and oxygen atoms in total. The zero-order valence-corrected chi connectivity index (χ0v) is 10.8. The van der Waals surface area contributed by atoms with E-state index in [1.54, 1.807) is 11.8 Å². The number of carboxylic acids is 1. The number of carbonyl (C=O) groups is 2. The van der Waals surface area contributed by atoms with E-state index in [-0.39, 0.29) is 18.4 Å². The van der Waals surface area contributed by atoms with E-state index < -0.39 is 5.97 Å². The molecule has 0 saturated carbocycles. The molecular formula is C11H21NO3S. The van der Waals surface area contributed by atoms with Gasteiger partial charge < -0.3 is 10.4 Å². The number of hydrogen-bond acceptors (Lipinski definition) is 3. The molecule has 0 saturated heterocycles. The topological polar surface area (TPSA) is 66.4 Å². The highest BCUT2D eigenvalue weighted by Crippen LogP contribution is 2.05. The number of aliphatic carboxylic acids is 1. The SMILES string of the molecule is CCCCSCC(=O)NC(CC)CC(=O)O. The maximum absolute atomic E-state index is 11.4. The van der Waals surface area contributed by atoms with Crippen molar-refractivity contribution < 1.29 is 14.7 Å². The minimum atomic E-state index is -0.870. The Hall–Kier alpha value is -0.710. The molecule has 1 amide bonds. The third-order valence-corrected chi connectivity index (χ3v) is 3.20. The van der Waals surface area contributed by atoms with Crippen LogP contribution in [0.2, 0.25) is 0 Å². The largest absolute Gasteiger partial charge is 0.481 e. The summed E-state index contributed by atoms with van der Waals surface area (Å²) < 4.78 is 0. The molecule has 0 bridgehead atoms. The molecule has 5 heteroatoms. The van der Waals surface area contributed by atoms with Crippen LogP contribution in [0.3, 0.4) is 0 Å². The molecule has 94 valence electrons. The van der Waals surface area contributed by atoms with Gasteiger partial charge in [0.25, 0.3) is 0 Å². The van der Waals surface area contributed by atoms with Gasteiger partial charge in [0.2, 0.25) is 5.91 Å². The molecule has 16 heavy (non-hydrogen) atoms. The third kappa shape index (κ3) is 8.59. The lowest BCUT2D eigenvalue weighted by Gasteiger charge is -2.14. The van der Waals surface area contributed by atoms with Crippen LogP contribution in [0.15, 0.2) is 0 Å². The summed E-state index contributed by atoms with van der Waals surface area (Å²) in [7, 11) is 0. The van der Waals surface area contributed by atoms with Gasteiger partial charge in [0.15, 0.2) is 0 Å². The molecule has 0 aromatic rings. The van der Waals surface area contributed by atoms with E-state index in [2.05, 4.69) is 12.2 Å². The fourth-order valence-electron chi connectivity index (χ4n) is 1.19. The van der Waals surface area contributed by atoms with Gasteiger partial charge in [-0.1, -0.05) is 20.3 Å². The van der Waals surface area contributed by atoms with Crippen LogP contribution in [-0.2, 0) is 9.59 Å². The minimum Gasteiger partial charge on any atom is -0.481 e. The second kappa shape index (κ2) is 9.51. The molecule has 0 fully saturated rings. The molecule has 0 aliphatic carbocycles. The van der Waals surface area contributed by atoms with E-state index in [4.69, 9.17) is 5.11 Å². The maximum atomic E-state index is 11.4. The Labute approximate surface area is 101 Å². The highest BCUT2D eigenvalue weighted by molar-refractivity contribution is 7.99. The number of thioether (sulfide) groups is 1. The highest BCUT2D eigenvalue weighted by Gasteiger charge is 2.13. The number of nitrogens with one attached hydrogen (secondary N) is 1. The van der Waals surface area contributed by atoms with E-state index in [0.717, 1.165) is 18.6 Å². The summed E-state index contributed by atoms with van der Waals surface area (Å²) in [6, 6.07) is -0.239. The van der Waals surface area contributed by atoms with Crippen molar-refractivity contribution >= 4 is 23.6 Å². The Morgan fingerprint density at radius 2 is 2.06 bits per heavy atom. The number of carboxylic acid groups (broad SMARTS) is 1. The Kier molecular flexibility index (Phi) is 9.09. The van der Waals surface area contributed by atoms with E-state index in [0.29, 0.717) is 12.2 Å². The Bertz CT molecular complexity index is 221. The van der Waals surface area contributed by atoms with Gasteiger partial charge in [0.05, 0.1) is 12.2 Å². The Morgan fingerprint density at radius 1 is 1.38 bits per heavy atom. The van der Waals surface area contributed by atoms with Crippen LogP contribution in [0.5, 0.6) is 0 Å². The van der Waals surface area contributed by atoms with Crippen LogP contribution >= 0.6 is 11.8 Å². The molecule has 0 aromatic carbocycles.